The Morgan fingerprint density at radius 2 is 0.900 bits per heavy atom. The standard InChI is InChI=1S/C44H74O6/c1-3-5-7-9-11-13-15-17-19-21-23-25-27-29-31-33-35-41(45)37-38-44(48)50-40-42(46)39-49-43(47)36-34-32-30-28-26-24-22-20-18-16-14-12-10-8-6-4-2/h5,7,11,13,17,19,23,25,29,31,33,35,41-42,45-46H,3-4,6,8-10,12,14-16,18,20-22,24,26-28,30,32,34,36-40H2,1-2H3/b7-5-,13-11-,19-17-,25-23-,31-29-,35-33-/t41?,42-/m1/s1. The molecule has 0 aliphatic carbocycles. The molecule has 0 bridgehead atoms. The van der Waals surface area contributed by atoms with Crippen LogP contribution < -0.4 is 0 Å². The fraction of sp³-hybridized carbons (Fsp3) is 0.682. The van der Waals surface area contributed by atoms with Crippen LogP contribution in [0.5, 0.6) is 0 Å². The highest BCUT2D eigenvalue weighted by molar-refractivity contribution is 5.69. The molecular weight excluding hydrogens is 624 g/mol. The van der Waals surface area contributed by atoms with E-state index in [0.29, 0.717) is 6.42 Å². The Bertz CT molecular complexity index is 944. The summed E-state index contributed by atoms with van der Waals surface area (Å²) >= 11 is 0. The van der Waals surface area contributed by atoms with E-state index >= 15 is 0 Å². The minimum atomic E-state index is -1.06. The lowest BCUT2D eigenvalue weighted by Crippen LogP contribution is -2.25. The highest BCUT2D eigenvalue weighted by atomic mass is 16.6. The van der Waals surface area contributed by atoms with Crippen molar-refractivity contribution in [3.8, 4) is 0 Å². The first kappa shape index (κ1) is 47.3. The number of aliphatic hydroxyl groups excluding tert-OH is 2. The summed E-state index contributed by atoms with van der Waals surface area (Å²) in [4.78, 5) is 24.0. The molecule has 0 saturated heterocycles. The molecule has 6 nitrogen and oxygen atoms in total. The van der Waals surface area contributed by atoms with E-state index in [2.05, 4.69) is 62.5 Å². The van der Waals surface area contributed by atoms with Crippen molar-refractivity contribution in [2.45, 2.75) is 180 Å². The van der Waals surface area contributed by atoms with E-state index in [9.17, 15) is 19.8 Å². The molecule has 0 aliphatic heterocycles. The van der Waals surface area contributed by atoms with Crippen molar-refractivity contribution < 1.29 is 29.3 Å². The lowest BCUT2D eigenvalue weighted by molar-refractivity contribution is -0.152. The molecule has 0 radical (unpaired) electrons. The molecule has 2 N–H and O–H groups in total. The summed E-state index contributed by atoms with van der Waals surface area (Å²) in [5, 5.41) is 20.1. The van der Waals surface area contributed by atoms with Gasteiger partial charge in [0.15, 0.2) is 0 Å². The van der Waals surface area contributed by atoms with E-state index in [4.69, 9.17) is 9.47 Å². The van der Waals surface area contributed by atoms with Crippen molar-refractivity contribution in [3.63, 3.8) is 0 Å². The maximum atomic E-state index is 12.0. The Hall–Kier alpha value is -2.70. The van der Waals surface area contributed by atoms with Crippen LogP contribution in [0.15, 0.2) is 72.9 Å². The van der Waals surface area contributed by atoms with Crippen LogP contribution in [0.1, 0.15) is 168 Å². The van der Waals surface area contributed by atoms with E-state index in [0.717, 1.165) is 51.4 Å². The van der Waals surface area contributed by atoms with Gasteiger partial charge < -0.3 is 19.7 Å². The number of ether oxygens (including phenoxy) is 2. The molecule has 0 saturated carbocycles. The summed E-state index contributed by atoms with van der Waals surface area (Å²) < 4.78 is 10.2. The van der Waals surface area contributed by atoms with Gasteiger partial charge in [0, 0.05) is 12.8 Å². The number of esters is 2. The summed E-state index contributed by atoms with van der Waals surface area (Å²) in [5.74, 6) is -0.839. The maximum Gasteiger partial charge on any atom is 0.305 e. The predicted octanol–water partition coefficient (Wildman–Crippen LogP) is 11.5. The van der Waals surface area contributed by atoms with Gasteiger partial charge in [0.1, 0.15) is 19.3 Å². The second-order valence-corrected chi connectivity index (χ2v) is 13.2. The van der Waals surface area contributed by atoms with Gasteiger partial charge in [0.2, 0.25) is 0 Å². The summed E-state index contributed by atoms with van der Waals surface area (Å²) in [5.41, 5.74) is 0. The minimum Gasteiger partial charge on any atom is -0.463 e. The van der Waals surface area contributed by atoms with Gasteiger partial charge in [-0.3, -0.25) is 9.59 Å². The van der Waals surface area contributed by atoms with Crippen molar-refractivity contribution in [1.29, 1.82) is 0 Å². The van der Waals surface area contributed by atoms with Gasteiger partial charge >= 0.3 is 11.9 Å². The zero-order valence-electron chi connectivity index (χ0n) is 32.0. The maximum absolute atomic E-state index is 12.0. The Morgan fingerprint density at radius 1 is 0.500 bits per heavy atom. The van der Waals surface area contributed by atoms with Crippen molar-refractivity contribution in [3.05, 3.63) is 72.9 Å². The normalized spacial score (nSPS) is 13.6. The summed E-state index contributed by atoms with van der Waals surface area (Å²) in [7, 11) is 0. The number of carbonyl (C=O) groups excluding carboxylic acids is 2. The predicted molar refractivity (Wildman–Crippen MR) is 211 cm³/mol. The van der Waals surface area contributed by atoms with Crippen LogP contribution in [0.2, 0.25) is 0 Å². The number of hydrogen-bond acceptors (Lipinski definition) is 6. The van der Waals surface area contributed by atoms with Gasteiger partial charge in [-0.1, -0.05) is 183 Å². The average Bonchev–Trinajstić information content (AvgIpc) is 3.11. The molecule has 0 aromatic heterocycles. The highest BCUT2D eigenvalue weighted by Gasteiger charge is 2.13. The SMILES string of the molecule is CC/C=C\C/C=C\C/C=C\C/C=C\C/C=C\C=C/C(O)CCC(=O)OC[C@H](O)COC(=O)CCCCCCCCCCCCCCCCCC. The lowest BCUT2D eigenvalue weighted by atomic mass is 10.0. The highest BCUT2D eigenvalue weighted by Crippen LogP contribution is 2.14. The number of allylic oxidation sites excluding steroid dienone is 11. The monoisotopic (exact) mass is 699 g/mol. The van der Waals surface area contributed by atoms with E-state index in [1.807, 2.05) is 12.2 Å². The third-order valence-corrected chi connectivity index (χ3v) is 8.32. The van der Waals surface area contributed by atoms with Gasteiger partial charge in [-0.15, -0.1) is 0 Å². The first-order chi connectivity index (χ1) is 24.5. The van der Waals surface area contributed by atoms with Gasteiger partial charge in [0.05, 0.1) is 6.10 Å². The first-order valence-electron chi connectivity index (χ1n) is 20.1. The van der Waals surface area contributed by atoms with Crippen LogP contribution in [0, 0.1) is 0 Å². The molecule has 0 spiro atoms. The van der Waals surface area contributed by atoms with Crippen molar-refractivity contribution >= 4 is 11.9 Å². The molecule has 286 valence electrons. The van der Waals surface area contributed by atoms with Crippen LogP contribution >= 0.6 is 0 Å². The fourth-order valence-corrected chi connectivity index (χ4v) is 5.25. The average molecular weight is 699 g/mol. The molecule has 0 aromatic carbocycles. The minimum absolute atomic E-state index is 0.0307. The Labute approximate surface area is 306 Å². The summed E-state index contributed by atoms with van der Waals surface area (Å²) in [6.07, 6.45) is 48.6. The molecule has 6 heteroatoms. The molecule has 50 heavy (non-hydrogen) atoms. The molecule has 0 aliphatic rings. The summed E-state index contributed by atoms with van der Waals surface area (Å²) in [6, 6.07) is 0. The first-order valence-corrected chi connectivity index (χ1v) is 20.1. The lowest BCUT2D eigenvalue weighted by Gasteiger charge is -2.12. The molecule has 0 fully saturated rings. The van der Waals surface area contributed by atoms with E-state index in [1.54, 1.807) is 12.2 Å². The third-order valence-electron chi connectivity index (χ3n) is 8.32. The van der Waals surface area contributed by atoms with Crippen molar-refractivity contribution in [2.24, 2.45) is 0 Å². The topological polar surface area (TPSA) is 93.1 Å². The van der Waals surface area contributed by atoms with E-state index in [1.165, 1.54) is 83.5 Å². The molecule has 0 aromatic rings. The Balaban J connectivity index is 3.67. The second kappa shape index (κ2) is 39.1. The van der Waals surface area contributed by atoms with Gasteiger partial charge in [-0.05, 0) is 44.9 Å². The molecule has 2 atom stereocenters. The number of unbranched alkanes of at least 4 members (excludes halogenated alkanes) is 15. The number of carbonyl (C=O) groups is 2. The smallest absolute Gasteiger partial charge is 0.305 e. The Kier molecular flexibility index (Phi) is 37.0. The number of aliphatic hydroxyl groups is 2. The van der Waals surface area contributed by atoms with Crippen LogP contribution in [-0.4, -0.2) is 47.6 Å². The molecule has 0 amide bonds. The number of rotatable bonds is 35. The van der Waals surface area contributed by atoms with E-state index in [-0.39, 0.29) is 32.0 Å². The molecule has 0 rings (SSSR count). The van der Waals surface area contributed by atoms with Crippen molar-refractivity contribution in [2.75, 3.05) is 13.2 Å². The molecular formula is C44H74O6. The second-order valence-electron chi connectivity index (χ2n) is 13.2. The quantitative estimate of drug-likeness (QED) is 0.0296. The van der Waals surface area contributed by atoms with Gasteiger partial charge in [0.25, 0.3) is 0 Å². The molecule has 0 heterocycles. The molecule has 1 unspecified atom stereocenters. The van der Waals surface area contributed by atoms with Gasteiger partial charge in [-0.2, -0.15) is 0 Å². The summed E-state index contributed by atoms with van der Waals surface area (Å²) in [6.45, 7) is 3.97. The van der Waals surface area contributed by atoms with Crippen LogP contribution in [0.4, 0.5) is 0 Å². The Morgan fingerprint density at radius 3 is 1.36 bits per heavy atom. The van der Waals surface area contributed by atoms with Crippen molar-refractivity contribution in [1.82, 2.24) is 0 Å². The van der Waals surface area contributed by atoms with E-state index < -0.39 is 18.2 Å². The zero-order valence-corrected chi connectivity index (χ0v) is 32.0. The fourth-order valence-electron chi connectivity index (χ4n) is 5.25. The van der Waals surface area contributed by atoms with Gasteiger partial charge in [-0.25, -0.2) is 0 Å². The van der Waals surface area contributed by atoms with Crippen LogP contribution in [0.3, 0.4) is 0 Å². The number of hydrogen-bond donors (Lipinski definition) is 2. The third kappa shape index (κ3) is 38.1. The largest absolute Gasteiger partial charge is 0.463 e. The van der Waals surface area contributed by atoms with Crippen LogP contribution in [-0.2, 0) is 19.1 Å². The van der Waals surface area contributed by atoms with Crippen LogP contribution in [0.25, 0.3) is 0 Å². The zero-order chi connectivity index (χ0) is 36.6.